The molecule has 0 aliphatic carbocycles. The van der Waals surface area contributed by atoms with Gasteiger partial charge in [0.2, 0.25) is 5.91 Å². The molecule has 0 saturated heterocycles. The average molecular weight is 284 g/mol. The summed E-state index contributed by atoms with van der Waals surface area (Å²) in [6.45, 7) is 0.368. The van der Waals surface area contributed by atoms with Crippen molar-refractivity contribution in [3.8, 4) is 11.5 Å². The van der Waals surface area contributed by atoms with Crippen LogP contribution >= 0.6 is 0 Å². The van der Waals surface area contributed by atoms with E-state index in [1.54, 1.807) is 24.5 Å². The van der Waals surface area contributed by atoms with E-state index in [1.165, 1.54) is 24.3 Å². The third-order valence-electron chi connectivity index (χ3n) is 2.87. The molecule has 0 aliphatic heterocycles. The number of hydrogen-bond acceptors (Lipinski definition) is 4. The van der Waals surface area contributed by atoms with Crippen LogP contribution in [-0.2, 0) is 11.2 Å². The number of pyridine rings is 1. The quantitative estimate of drug-likeness (QED) is 0.578. The Morgan fingerprint density at radius 2 is 2.14 bits per heavy atom. The summed E-state index contributed by atoms with van der Waals surface area (Å²) in [6, 6.07) is 7.96. The molecule has 5 heteroatoms. The lowest BCUT2D eigenvalue weighted by molar-refractivity contribution is -0.116. The fourth-order valence-corrected chi connectivity index (χ4v) is 1.80. The smallest absolute Gasteiger partial charge is 0.244 e. The van der Waals surface area contributed by atoms with Crippen LogP contribution < -0.4 is 5.32 Å². The van der Waals surface area contributed by atoms with Gasteiger partial charge in [-0.15, -0.1) is 0 Å². The number of amides is 1. The van der Waals surface area contributed by atoms with Gasteiger partial charge < -0.3 is 15.5 Å². The Bertz CT molecular complexity index is 639. The molecule has 21 heavy (non-hydrogen) atoms. The van der Waals surface area contributed by atoms with Gasteiger partial charge in [0.15, 0.2) is 0 Å². The van der Waals surface area contributed by atoms with Crippen LogP contribution in [0.4, 0.5) is 0 Å². The highest BCUT2D eigenvalue weighted by molar-refractivity contribution is 5.91. The largest absolute Gasteiger partial charge is 0.508 e. The predicted octanol–water partition coefficient (Wildman–Crippen LogP) is 1.86. The van der Waals surface area contributed by atoms with Gasteiger partial charge in [-0.25, -0.2) is 0 Å². The zero-order valence-corrected chi connectivity index (χ0v) is 11.4. The Labute approximate surface area is 122 Å². The standard InChI is InChI=1S/C16H16N2O3/c19-14-4-5-15(20)13(10-14)7-9-18-16(21)6-3-12-2-1-8-17-11-12/h1-6,8,10-11,19-20H,7,9H2,(H,18,21). The van der Waals surface area contributed by atoms with Gasteiger partial charge in [-0.2, -0.15) is 0 Å². The highest BCUT2D eigenvalue weighted by Gasteiger charge is 2.03. The molecule has 0 aliphatic rings. The SMILES string of the molecule is O=C(C=Cc1cccnc1)NCCc1cc(O)ccc1O. The number of phenols is 2. The molecule has 5 nitrogen and oxygen atoms in total. The summed E-state index contributed by atoms with van der Waals surface area (Å²) >= 11 is 0. The number of hydrogen-bond donors (Lipinski definition) is 3. The van der Waals surface area contributed by atoms with Crippen molar-refractivity contribution < 1.29 is 15.0 Å². The highest BCUT2D eigenvalue weighted by atomic mass is 16.3. The maximum Gasteiger partial charge on any atom is 0.244 e. The van der Waals surface area contributed by atoms with E-state index in [9.17, 15) is 15.0 Å². The first kappa shape index (κ1) is 14.6. The summed E-state index contributed by atoms with van der Waals surface area (Å²) in [5.74, 6) is -0.0305. The predicted molar refractivity (Wildman–Crippen MR) is 79.8 cm³/mol. The Hall–Kier alpha value is -2.82. The number of nitrogens with one attached hydrogen (secondary N) is 1. The van der Waals surface area contributed by atoms with Crippen LogP contribution in [0.15, 0.2) is 48.8 Å². The zero-order chi connectivity index (χ0) is 15.1. The van der Waals surface area contributed by atoms with Crippen molar-refractivity contribution in [2.45, 2.75) is 6.42 Å². The van der Waals surface area contributed by atoms with Gasteiger partial charge in [-0.1, -0.05) is 6.07 Å². The van der Waals surface area contributed by atoms with E-state index in [4.69, 9.17) is 0 Å². The van der Waals surface area contributed by atoms with E-state index in [1.807, 2.05) is 6.07 Å². The second-order valence-corrected chi connectivity index (χ2v) is 4.47. The lowest BCUT2D eigenvalue weighted by Crippen LogP contribution is -2.23. The van der Waals surface area contributed by atoms with Gasteiger partial charge in [-0.3, -0.25) is 9.78 Å². The van der Waals surface area contributed by atoms with Crippen molar-refractivity contribution in [1.29, 1.82) is 0 Å². The molecule has 3 N–H and O–H groups in total. The molecule has 1 heterocycles. The minimum absolute atomic E-state index is 0.0885. The van der Waals surface area contributed by atoms with Gasteiger partial charge >= 0.3 is 0 Å². The van der Waals surface area contributed by atoms with Crippen LogP contribution in [0.3, 0.4) is 0 Å². The first-order valence-corrected chi connectivity index (χ1v) is 6.52. The summed E-state index contributed by atoms with van der Waals surface area (Å²) in [7, 11) is 0. The van der Waals surface area contributed by atoms with Crippen molar-refractivity contribution in [3.05, 3.63) is 59.9 Å². The van der Waals surface area contributed by atoms with Gasteiger partial charge in [0, 0.05) is 25.0 Å². The molecular formula is C16H16N2O3. The van der Waals surface area contributed by atoms with Crippen LogP contribution in [0, 0.1) is 0 Å². The number of rotatable bonds is 5. The summed E-state index contributed by atoms with van der Waals surface area (Å²) in [4.78, 5) is 15.6. The number of benzene rings is 1. The molecule has 0 spiro atoms. The zero-order valence-electron chi connectivity index (χ0n) is 11.4. The van der Waals surface area contributed by atoms with Gasteiger partial charge in [-0.05, 0) is 47.9 Å². The monoisotopic (exact) mass is 284 g/mol. The van der Waals surface area contributed by atoms with Crippen LogP contribution in [0.1, 0.15) is 11.1 Å². The summed E-state index contributed by atoms with van der Waals surface area (Å²) in [5, 5.41) is 21.7. The lowest BCUT2D eigenvalue weighted by Gasteiger charge is -2.05. The van der Waals surface area contributed by atoms with Crippen LogP contribution in [0.5, 0.6) is 11.5 Å². The summed E-state index contributed by atoms with van der Waals surface area (Å²) in [6.07, 6.45) is 6.87. The van der Waals surface area contributed by atoms with Crippen LogP contribution in [-0.4, -0.2) is 27.6 Å². The second kappa shape index (κ2) is 7.09. The molecule has 0 atom stereocenters. The molecular weight excluding hydrogens is 268 g/mol. The third-order valence-corrected chi connectivity index (χ3v) is 2.87. The van der Waals surface area contributed by atoms with E-state index in [0.717, 1.165) is 5.56 Å². The van der Waals surface area contributed by atoms with E-state index >= 15 is 0 Å². The molecule has 0 unspecified atom stereocenters. The molecule has 2 rings (SSSR count). The molecule has 1 amide bonds. The van der Waals surface area contributed by atoms with Crippen molar-refractivity contribution in [2.75, 3.05) is 6.54 Å². The topological polar surface area (TPSA) is 82.5 Å². The first-order valence-electron chi connectivity index (χ1n) is 6.52. The van der Waals surface area contributed by atoms with E-state index in [-0.39, 0.29) is 17.4 Å². The number of carbonyl (C=O) groups excluding carboxylic acids is 1. The van der Waals surface area contributed by atoms with Crippen molar-refractivity contribution in [2.24, 2.45) is 0 Å². The minimum Gasteiger partial charge on any atom is -0.508 e. The molecule has 108 valence electrons. The summed E-state index contributed by atoms with van der Waals surface area (Å²) in [5.41, 5.74) is 1.44. The maximum absolute atomic E-state index is 11.6. The number of carbonyl (C=O) groups is 1. The summed E-state index contributed by atoms with van der Waals surface area (Å²) < 4.78 is 0. The van der Waals surface area contributed by atoms with Gasteiger partial charge in [0.25, 0.3) is 0 Å². The van der Waals surface area contributed by atoms with Crippen LogP contribution in [0.25, 0.3) is 6.08 Å². The molecule has 0 bridgehead atoms. The fraction of sp³-hybridized carbons (Fsp3) is 0.125. The minimum atomic E-state index is -0.224. The Morgan fingerprint density at radius 1 is 1.29 bits per heavy atom. The van der Waals surface area contributed by atoms with Crippen molar-refractivity contribution in [1.82, 2.24) is 10.3 Å². The maximum atomic E-state index is 11.6. The Balaban J connectivity index is 1.82. The third kappa shape index (κ3) is 4.65. The number of aromatic hydroxyl groups is 2. The lowest BCUT2D eigenvalue weighted by atomic mass is 10.1. The van der Waals surface area contributed by atoms with Crippen molar-refractivity contribution in [3.63, 3.8) is 0 Å². The number of aromatic nitrogens is 1. The van der Waals surface area contributed by atoms with Gasteiger partial charge in [0.1, 0.15) is 11.5 Å². The molecule has 2 aromatic rings. The Morgan fingerprint density at radius 3 is 2.90 bits per heavy atom. The Kier molecular flexibility index (Phi) is 4.93. The van der Waals surface area contributed by atoms with Gasteiger partial charge in [0.05, 0.1) is 0 Å². The van der Waals surface area contributed by atoms with E-state index in [2.05, 4.69) is 10.3 Å². The van der Waals surface area contributed by atoms with E-state index < -0.39 is 0 Å². The molecule has 0 radical (unpaired) electrons. The number of phenolic OH excluding ortho intramolecular Hbond substituents is 2. The van der Waals surface area contributed by atoms with Crippen molar-refractivity contribution >= 4 is 12.0 Å². The first-order chi connectivity index (χ1) is 10.1. The molecule has 1 aromatic carbocycles. The molecule has 0 saturated carbocycles. The van der Waals surface area contributed by atoms with Crippen LogP contribution in [0.2, 0.25) is 0 Å². The number of nitrogens with zero attached hydrogens (tertiary/aromatic N) is 1. The normalized spacial score (nSPS) is 10.7. The molecule has 0 fully saturated rings. The average Bonchev–Trinajstić information content (AvgIpc) is 2.50. The second-order valence-electron chi connectivity index (χ2n) is 4.47. The van der Waals surface area contributed by atoms with E-state index in [0.29, 0.717) is 18.5 Å². The fourth-order valence-electron chi connectivity index (χ4n) is 1.80. The molecule has 1 aromatic heterocycles. The highest BCUT2D eigenvalue weighted by Crippen LogP contribution is 2.21.